The van der Waals surface area contributed by atoms with Crippen molar-refractivity contribution in [1.82, 2.24) is 0 Å². The molecule has 0 bridgehead atoms. The molecule has 4 nitrogen and oxygen atoms in total. The van der Waals surface area contributed by atoms with Crippen LogP contribution in [0.25, 0.3) is 0 Å². The van der Waals surface area contributed by atoms with Crippen LogP contribution in [0.3, 0.4) is 0 Å². The van der Waals surface area contributed by atoms with Crippen LogP contribution in [0.2, 0.25) is 0 Å². The van der Waals surface area contributed by atoms with Crippen molar-refractivity contribution in [3.05, 3.63) is 64.0 Å². The van der Waals surface area contributed by atoms with Crippen LogP contribution < -0.4 is 5.73 Å². The number of benzene rings is 2. The monoisotopic (exact) mass is 292 g/mol. The summed E-state index contributed by atoms with van der Waals surface area (Å²) >= 11 is 1.52. The Morgan fingerprint density at radius 1 is 1.20 bits per heavy atom. The van der Waals surface area contributed by atoms with Crippen molar-refractivity contribution in [1.29, 1.82) is 0 Å². The van der Waals surface area contributed by atoms with E-state index in [0.717, 1.165) is 22.6 Å². The lowest BCUT2D eigenvalue weighted by atomic mass is 10.1. The SMILES string of the molecule is Nc1ccc(SCCc2ccc([N+](=O)[O-])cc2)cc1F. The summed E-state index contributed by atoms with van der Waals surface area (Å²) in [6.07, 6.45) is 0.759. The number of nitro benzene ring substituents is 1. The Labute approximate surface area is 119 Å². The summed E-state index contributed by atoms with van der Waals surface area (Å²) in [6.45, 7) is 0. The first-order chi connectivity index (χ1) is 9.56. The molecule has 0 saturated heterocycles. The largest absolute Gasteiger partial charge is 0.396 e. The Bertz CT molecular complexity index is 617. The van der Waals surface area contributed by atoms with Crippen LogP contribution in [-0.4, -0.2) is 10.7 Å². The van der Waals surface area contributed by atoms with E-state index in [0.29, 0.717) is 0 Å². The normalized spacial score (nSPS) is 10.4. The predicted octanol–water partition coefficient (Wildman–Crippen LogP) is 3.65. The molecule has 0 unspecified atom stereocenters. The average molecular weight is 292 g/mol. The summed E-state index contributed by atoms with van der Waals surface area (Å²) in [5.41, 5.74) is 6.65. The van der Waals surface area contributed by atoms with Crippen LogP contribution in [0, 0.1) is 15.9 Å². The zero-order valence-corrected chi connectivity index (χ0v) is 11.4. The molecule has 2 aromatic rings. The molecule has 2 N–H and O–H groups in total. The second kappa shape index (κ2) is 6.38. The Kier molecular flexibility index (Phi) is 4.57. The van der Waals surface area contributed by atoms with E-state index in [1.165, 1.54) is 30.0 Å². The van der Waals surface area contributed by atoms with Crippen LogP contribution in [0.4, 0.5) is 15.8 Å². The lowest BCUT2D eigenvalue weighted by molar-refractivity contribution is -0.384. The summed E-state index contributed by atoms with van der Waals surface area (Å²) in [6, 6.07) is 11.2. The number of nitrogens with zero attached hydrogens (tertiary/aromatic N) is 1. The maximum absolute atomic E-state index is 13.2. The van der Waals surface area contributed by atoms with Gasteiger partial charge in [-0.25, -0.2) is 4.39 Å². The Morgan fingerprint density at radius 3 is 2.50 bits per heavy atom. The van der Waals surface area contributed by atoms with Crippen molar-refractivity contribution in [2.24, 2.45) is 0 Å². The van der Waals surface area contributed by atoms with Gasteiger partial charge in [0.25, 0.3) is 5.69 Å². The number of nitrogen functional groups attached to an aromatic ring is 1. The first kappa shape index (κ1) is 14.3. The molecule has 0 aliphatic rings. The van der Waals surface area contributed by atoms with E-state index < -0.39 is 10.7 Å². The third-order valence-electron chi connectivity index (χ3n) is 2.78. The average Bonchev–Trinajstić information content (AvgIpc) is 2.43. The topological polar surface area (TPSA) is 69.2 Å². The fraction of sp³-hybridized carbons (Fsp3) is 0.143. The van der Waals surface area contributed by atoms with Crippen molar-refractivity contribution in [3.63, 3.8) is 0 Å². The predicted molar refractivity (Wildman–Crippen MR) is 78.3 cm³/mol. The molecular formula is C14H13FN2O2S. The summed E-state index contributed by atoms with van der Waals surface area (Å²) in [5, 5.41) is 10.5. The van der Waals surface area contributed by atoms with E-state index in [4.69, 9.17) is 5.73 Å². The van der Waals surface area contributed by atoms with Gasteiger partial charge >= 0.3 is 0 Å². The zero-order chi connectivity index (χ0) is 14.5. The maximum Gasteiger partial charge on any atom is 0.269 e. The number of aryl methyl sites for hydroxylation is 1. The van der Waals surface area contributed by atoms with Gasteiger partial charge in [-0.3, -0.25) is 10.1 Å². The Morgan fingerprint density at radius 2 is 1.90 bits per heavy atom. The molecule has 0 fully saturated rings. The van der Waals surface area contributed by atoms with E-state index in [2.05, 4.69) is 0 Å². The summed E-state index contributed by atoms with van der Waals surface area (Å²) in [7, 11) is 0. The molecule has 0 amide bonds. The van der Waals surface area contributed by atoms with Gasteiger partial charge in [0.1, 0.15) is 5.82 Å². The second-order valence-corrected chi connectivity index (χ2v) is 5.37. The molecule has 0 spiro atoms. The highest BCUT2D eigenvalue weighted by atomic mass is 32.2. The van der Waals surface area contributed by atoms with E-state index in [9.17, 15) is 14.5 Å². The molecule has 20 heavy (non-hydrogen) atoms. The highest BCUT2D eigenvalue weighted by Gasteiger charge is 2.04. The highest BCUT2D eigenvalue weighted by molar-refractivity contribution is 7.99. The molecule has 0 saturated carbocycles. The third-order valence-corrected chi connectivity index (χ3v) is 3.77. The number of anilines is 1. The standard InChI is InChI=1S/C14H13FN2O2S/c15-13-9-12(5-6-14(13)16)20-8-7-10-1-3-11(4-2-10)17(18)19/h1-6,9H,7-8,16H2. The number of thioether (sulfide) groups is 1. The quantitative estimate of drug-likeness (QED) is 0.395. The second-order valence-electron chi connectivity index (χ2n) is 4.21. The van der Waals surface area contributed by atoms with Gasteiger partial charge in [0.2, 0.25) is 0 Å². The van der Waals surface area contributed by atoms with Crippen molar-refractivity contribution in [2.75, 3.05) is 11.5 Å². The van der Waals surface area contributed by atoms with Crippen LogP contribution in [-0.2, 0) is 6.42 Å². The van der Waals surface area contributed by atoms with Gasteiger partial charge in [-0.05, 0) is 30.2 Å². The number of nitro groups is 1. The third kappa shape index (κ3) is 3.71. The van der Waals surface area contributed by atoms with Crippen molar-refractivity contribution < 1.29 is 9.31 Å². The van der Waals surface area contributed by atoms with Crippen LogP contribution in [0.1, 0.15) is 5.56 Å². The smallest absolute Gasteiger partial charge is 0.269 e. The van der Waals surface area contributed by atoms with Gasteiger partial charge in [-0.15, -0.1) is 11.8 Å². The first-order valence-electron chi connectivity index (χ1n) is 5.97. The van der Waals surface area contributed by atoms with Crippen LogP contribution in [0.5, 0.6) is 0 Å². The van der Waals surface area contributed by atoms with E-state index in [1.807, 2.05) is 0 Å². The van der Waals surface area contributed by atoms with Crippen molar-refractivity contribution >= 4 is 23.1 Å². The van der Waals surface area contributed by atoms with E-state index in [-0.39, 0.29) is 11.4 Å². The number of non-ortho nitro benzene ring substituents is 1. The van der Waals surface area contributed by atoms with Gasteiger partial charge in [-0.2, -0.15) is 0 Å². The summed E-state index contributed by atoms with van der Waals surface area (Å²) in [4.78, 5) is 10.9. The van der Waals surface area contributed by atoms with Gasteiger partial charge in [-0.1, -0.05) is 12.1 Å². The van der Waals surface area contributed by atoms with Crippen molar-refractivity contribution in [2.45, 2.75) is 11.3 Å². The molecule has 0 heterocycles. The molecule has 0 radical (unpaired) electrons. The number of rotatable bonds is 5. The lowest BCUT2D eigenvalue weighted by Gasteiger charge is -2.04. The van der Waals surface area contributed by atoms with Gasteiger partial charge < -0.3 is 5.73 Å². The van der Waals surface area contributed by atoms with E-state index in [1.54, 1.807) is 24.3 Å². The van der Waals surface area contributed by atoms with Gasteiger partial charge in [0.05, 0.1) is 10.6 Å². The molecule has 0 aliphatic heterocycles. The number of nitrogens with two attached hydrogens (primary N) is 1. The molecular weight excluding hydrogens is 279 g/mol. The highest BCUT2D eigenvalue weighted by Crippen LogP contribution is 2.23. The van der Waals surface area contributed by atoms with Crippen molar-refractivity contribution in [3.8, 4) is 0 Å². The first-order valence-corrected chi connectivity index (χ1v) is 6.96. The molecule has 0 aromatic heterocycles. The summed E-state index contributed by atoms with van der Waals surface area (Å²) in [5.74, 6) is 0.353. The number of halogens is 1. The molecule has 6 heteroatoms. The van der Waals surface area contributed by atoms with Gasteiger partial charge in [0.15, 0.2) is 0 Å². The number of hydrogen-bond donors (Lipinski definition) is 1. The fourth-order valence-electron chi connectivity index (χ4n) is 1.67. The van der Waals surface area contributed by atoms with Gasteiger partial charge in [0, 0.05) is 22.8 Å². The maximum atomic E-state index is 13.2. The fourth-order valence-corrected chi connectivity index (χ4v) is 2.59. The molecule has 104 valence electrons. The van der Waals surface area contributed by atoms with Crippen LogP contribution >= 0.6 is 11.8 Å². The number of hydrogen-bond acceptors (Lipinski definition) is 4. The minimum absolute atomic E-state index is 0.0852. The summed E-state index contributed by atoms with van der Waals surface area (Å²) < 4.78 is 13.2. The minimum Gasteiger partial charge on any atom is -0.396 e. The molecule has 0 aliphatic carbocycles. The zero-order valence-electron chi connectivity index (χ0n) is 10.6. The lowest BCUT2D eigenvalue weighted by Crippen LogP contribution is -1.92. The minimum atomic E-state index is -0.421. The molecule has 0 atom stereocenters. The molecule has 2 rings (SSSR count). The van der Waals surface area contributed by atoms with E-state index >= 15 is 0 Å². The Hall–Kier alpha value is -2.08. The Balaban J connectivity index is 1.89. The molecule has 2 aromatic carbocycles. The van der Waals surface area contributed by atoms with Crippen LogP contribution in [0.15, 0.2) is 47.4 Å².